The molecule has 0 aliphatic rings. The summed E-state index contributed by atoms with van der Waals surface area (Å²) in [7, 11) is 0. The van der Waals surface area contributed by atoms with Crippen molar-refractivity contribution in [1.29, 1.82) is 0 Å². The van der Waals surface area contributed by atoms with E-state index in [9.17, 15) is 4.79 Å². The van der Waals surface area contributed by atoms with E-state index in [0.29, 0.717) is 0 Å². The Balaban J connectivity index is 1.78. The Labute approximate surface area is 161 Å². The zero-order valence-electron chi connectivity index (χ0n) is 16.4. The molecule has 3 rings (SSSR count). The lowest BCUT2D eigenvalue weighted by Gasteiger charge is -2.21. The number of amides is 1. The second-order valence-corrected chi connectivity index (χ2v) is 7.39. The lowest BCUT2D eigenvalue weighted by molar-refractivity contribution is -0.118. The number of anilines is 1. The summed E-state index contributed by atoms with van der Waals surface area (Å²) in [5, 5.41) is 3.08. The number of rotatable bonds is 5. The van der Waals surface area contributed by atoms with Gasteiger partial charge in [-0.3, -0.25) is 9.78 Å². The van der Waals surface area contributed by atoms with Gasteiger partial charge in [0.15, 0.2) is 0 Å². The summed E-state index contributed by atoms with van der Waals surface area (Å²) in [5.41, 5.74) is 6.27. The largest absolute Gasteiger partial charge is 0.326 e. The Morgan fingerprint density at radius 1 is 0.926 bits per heavy atom. The van der Waals surface area contributed by atoms with E-state index in [4.69, 9.17) is 0 Å². The van der Waals surface area contributed by atoms with Gasteiger partial charge in [0.05, 0.1) is 5.92 Å². The van der Waals surface area contributed by atoms with Crippen molar-refractivity contribution in [3.8, 4) is 11.1 Å². The van der Waals surface area contributed by atoms with Gasteiger partial charge in [-0.25, -0.2) is 0 Å². The molecule has 1 aromatic heterocycles. The number of hydrogen-bond acceptors (Lipinski definition) is 2. The van der Waals surface area contributed by atoms with E-state index in [2.05, 4.69) is 49.3 Å². The molecule has 1 unspecified atom stereocenters. The Morgan fingerprint density at radius 3 is 2.30 bits per heavy atom. The second kappa shape index (κ2) is 8.17. The van der Waals surface area contributed by atoms with Crippen LogP contribution >= 0.6 is 0 Å². The third-order valence-corrected chi connectivity index (χ3v) is 4.73. The number of hydrogen-bond donors (Lipinski definition) is 1. The van der Waals surface area contributed by atoms with Gasteiger partial charge in [-0.05, 0) is 60.7 Å². The SMILES string of the molecule is Cc1cccc(C(C(=O)Nc2ccc(-c3ccnc(C)c3)cc2)C(C)C)c1. The summed E-state index contributed by atoms with van der Waals surface area (Å²) in [4.78, 5) is 17.2. The average molecular weight is 358 g/mol. The molecule has 0 saturated carbocycles. The maximum atomic E-state index is 12.9. The molecule has 27 heavy (non-hydrogen) atoms. The Morgan fingerprint density at radius 2 is 1.67 bits per heavy atom. The van der Waals surface area contributed by atoms with Crippen LogP contribution in [-0.2, 0) is 4.79 Å². The van der Waals surface area contributed by atoms with Gasteiger partial charge < -0.3 is 5.32 Å². The van der Waals surface area contributed by atoms with Crippen LogP contribution in [0, 0.1) is 19.8 Å². The highest BCUT2D eigenvalue weighted by atomic mass is 16.1. The fraction of sp³-hybridized carbons (Fsp3) is 0.250. The summed E-state index contributed by atoms with van der Waals surface area (Å²) in [6.07, 6.45) is 1.81. The number of carbonyl (C=O) groups is 1. The molecular weight excluding hydrogens is 332 g/mol. The van der Waals surface area contributed by atoms with Crippen molar-refractivity contribution in [2.24, 2.45) is 5.92 Å². The summed E-state index contributed by atoms with van der Waals surface area (Å²) in [5.74, 6) is 0.0707. The van der Waals surface area contributed by atoms with Crippen molar-refractivity contribution in [2.75, 3.05) is 5.32 Å². The minimum Gasteiger partial charge on any atom is -0.326 e. The van der Waals surface area contributed by atoms with Crippen molar-refractivity contribution in [3.05, 3.63) is 83.7 Å². The van der Waals surface area contributed by atoms with Gasteiger partial charge in [-0.2, -0.15) is 0 Å². The molecule has 0 radical (unpaired) electrons. The van der Waals surface area contributed by atoms with Gasteiger partial charge in [0.1, 0.15) is 0 Å². The highest BCUT2D eigenvalue weighted by molar-refractivity contribution is 5.96. The first-order chi connectivity index (χ1) is 12.9. The fourth-order valence-electron chi connectivity index (χ4n) is 3.39. The van der Waals surface area contributed by atoms with Gasteiger partial charge in [0, 0.05) is 17.6 Å². The fourth-order valence-corrected chi connectivity index (χ4v) is 3.39. The van der Waals surface area contributed by atoms with Crippen molar-refractivity contribution in [3.63, 3.8) is 0 Å². The van der Waals surface area contributed by atoms with E-state index in [1.807, 2.05) is 55.6 Å². The number of aromatic nitrogens is 1. The number of carbonyl (C=O) groups excluding carboxylic acids is 1. The molecule has 3 nitrogen and oxygen atoms in total. The van der Waals surface area contributed by atoms with Gasteiger partial charge in [-0.15, -0.1) is 0 Å². The van der Waals surface area contributed by atoms with Crippen LogP contribution in [0.4, 0.5) is 5.69 Å². The molecular formula is C24H26N2O. The summed E-state index contributed by atoms with van der Waals surface area (Å²) >= 11 is 0. The van der Waals surface area contributed by atoms with Crippen LogP contribution in [-0.4, -0.2) is 10.9 Å². The number of nitrogens with one attached hydrogen (secondary N) is 1. The second-order valence-electron chi connectivity index (χ2n) is 7.39. The molecule has 0 bridgehead atoms. The summed E-state index contributed by atoms with van der Waals surface area (Å²) in [6.45, 7) is 8.21. The van der Waals surface area contributed by atoms with Crippen molar-refractivity contribution < 1.29 is 4.79 Å². The third-order valence-electron chi connectivity index (χ3n) is 4.73. The van der Waals surface area contributed by atoms with Crippen molar-refractivity contribution in [1.82, 2.24) is 4.98 Å². The highest BCUT2D eigenvalue weighted by Gasteiger charge is 2.24. The Kier molecular flexibility index (Phi) is 5.70. The van der Waals surface area contributed by atoms with Gasteiger partial charge in [0.2, 0.25) is 5.91 Å². The average Bonchev–Trinajstić information content (AvgIpc) is 2.62. The number of nitrogens with zero attached hydrogens (tertiary/aromatic N) is 1. The smallest absolute Gasteiger partial charge is 0.232 e. The van der Waals surface area contributed by atoms with E-state index >= 15 is 0 Å². The van der Waals surface area contributed by atoms with Crippen LogP contribution in [0.15, 0.2) is 66.9 Å². The molecule has 0 fully saturated rings. The summed E-state index contributed by atoms with van der Waals surface area (Å²) in [6, 6.07) is 20.2. The first kappa shape index (κ1) is 18.8. The molecule has 138 valence electrons. The maximum Gasteiger partial charge on any atom is 0.232 e. The Hall–Kier alpha value is -2.94. The summed E-state index contributed by atoms with van der Waals surface area (Å²) < 4.78 is 0. The lowest BCUT2D eigenvalue weighted by Crippen LogP contribution is -2.25. The zero-order valence-corrected chi connectivity index (χ0v) is 16.4. The lowest BCUT2D eigenvalue weighted by atomic mass is 9.87. The molecule has 0 saturated heterocycles. The number of aryl methyl sites for hydroxylation is 2. The first-order valence-electron chi connectivity index (χ1n) is 9.34. The Bertz CT molecular complexity index is 929. The van der Waals surface area contributed by atoms with E-state index in [1.54, 1.807) is 0 Å². The molecule has 0 spiro atoms. The topological polar surface area (TPSA) is 42.0 Å². The highest BCUT2D eigenvalue weighted by Crippen LogP contribution is 2.28. The number of benzene rings is 2. The van der Waals surface area contributed by atoms with Crippen molar-refractivity contribution in [2.45, 2.75) is 33.6 Å². The maximum absolute atomic E-state index is 12.9. The molecule has 1 atom stereocenters. The predicted octanol–water partition coefficient (Wildman–Crippen LogP) is 5.74. The van der Waals surface area contributed by atoms with Gasteiger partial charge in [0.25, 0.3) is 0 Å². The van der Waals surface area contributed by atoms with E-state index in [-0.39, 0.29) is 17.7 Å². The third kappa shape index (κ3) is 4.62. The van der Waals surface area contributed by atoms with Crippen LogP contribution < -0.4 is 5.32 Å². The van der Waals surface area contributed by atoms with Crippen LogP contribution in [0.3, 0.4) is 0 Å². The van der Waals surface area contributed by atoms with E-state index < -0.39 is 0 Å². The van der Waals surface area contributed by atoms with Gasteiger partial charge >= 0.3 is 0 Å². The van der Waals surface area contributed by atoms with E-state index in [1.165, 1.54) is 5.56 Å². The van der Waals surface area contributed by atoms with Crippen molar-refractivity contribution >= 4 is 11.6 Å². The molecule has 0 aliphatic heterocycles. The van der Waals surface area contributed by atoms with Crippen LogP contribution in [0.1, 0.15) is 36.6 Å². The monoisotopic (exact) mass is 358 g/mol. The quantitative estimate of drug-likeness (QED) is 0.631. The van der Waals surface area contributed by atoms with Crippen LogP contribution in [0.2, 0.25) is 0 Å². The number of pyridine rings is 1. The molecule has 3 heteroatoms. The van der Waals surface area contributed by atoms with Crippen LogP contribution in [0.5, 0.6) is 0 Å². The van der Waals surface area contributed by atoms with Crippen LogP contribution in [0.25, 0.3) is 11.1 Å². The minimum absolute atomic E-state index is 0.0307. The first-order valence-corrected chi connectivity index (χ1v) is 9.34. The van der Waals surface area contributed by atoms with E-state index in [0.717, 1.165) is 28.1 Å². The minimum atomic E-state index is -0.174. The normalized spacial score (nSPS) is 12.0. The predicted molar refractivity (Wildman–Crippen MR) is 112 cm³/mol. The molecule has 1 N–H and O–H groups in total. The zero-order chi connectivity index (χ0) is 19.4. The molecule has 0 aliphatic carbocycles. The molecule has 1 heterocycles. The molecule has 3 aromatic rings. The molecule has 2 aromatic carbocycles. The van der Waals surface area contributed by atoms with Gasteiger partial charge in [-0.1, -0.05) is 55.8 Å². The molecule has 1 amide bonds. The standard InChI is InChI=1S/C24H26N2O/c1-16(2)23(21-7-5-6-17(3)14-21)24(27)26-22-10-8-19(9-11-22)20-12-13-25-18(4)15-20/h5-16,23H,1-4H3,(H,26,27).